The van der Waals surface area contributed by atoms with Crippen LogP contribution >= 0.6 is 0 Å². The molecule has 86 valence electrons. The van der Waals surface area contributed by atoms with E-state index in [1.54, 1.807) is 0 Å². The summed E-state index contributed by atoms with van der Waals surface area (Å²) < 4.78 is 0. The molecule has 0 aliphatic carbocycles. The van der Waals surface area contributed by atoms with E-state index >= 15 is 0 Å². The van der Waals surface area contributed by atoms with E-state index in [-0.39, 0.29) is 0 Å². The molecular formula is C16H22. The molecule has 0 nitrogen and oxygen atoms in total. The second-order valence-corrected chi connectivity index (χ2v) is 3.88. The van der Waals surface area contributed by atoms with Crippen LogP contribution in [0.15, 0.2) is 0 Å². The zero-order valence-corrected chi connectivity index (χ0v) is 10.2. The summed E-state index contributed by atoms with van der Waals surface area (Å²) in [6, 6.07) is 0. The maximum absolute atomic E-state index is 5.17. The maximum Gasteiger partial charge on any atom is 0.00886 e. The average Bonchev–Trinajstić information content (AvgIpc) is 2.31. The first-order valence-electron chi connectivity index (χ1n) is 6.24. The Morgan fingerprint density at radius 1 is 0.500 bits per heavy atom. The monoisotopic (exact) mass is 214 g/mol. The quantitative estimate of drug-likeness (QED) is 0.420. The molecule has 0 heterocycles. The fourth-order valence-electron chi connectivity index (χ4n) is 1.41. The zero-order valence-electron chi connectivity index (χ0n) is 10.2. The van der Waals surface area contributed by atoms with E-state index in [1.165, 1.54) is 25.7 Å². The van der Waals surface area contributed by atoms with Crippen molar-refractivity contribution in [2.75, 3.05) is 0 Å². The predicted octanol–water partition coefficient (Wildman–Crippen LogP) is 4.16. The van der Waals surface area contributed by atoms with Crippen molar-refractivity contribution in [2.24, 2.45) is 0 Å². The lowest BCUT2D eigenvalue weighted by molar-refractivity contribution is 0.702. The normalized spacial score (nSPS) is 8.62. The number of hydrogen-bond donors (Lipinski definition) is 0. The highest BCUT2D eigenvalue weighted by Crippen LogP contribution is 2.03. The molecule has 0 rings (SSSR count). The van der Waals surface area contributed by atoms with Gasteiger partial charge < -0.3 is 0 Å². The Balaban J connectivity index is 3.11. The topological polar surface area (TPSA) is 0 Å². The van der Waals surface area contributed by atoms with Gasteiger partial charge in [0, 0.05) is 25.7 Å². The maximum atomic E-state index is 5.17. The first-order valence-corrected chi connectivity index (χ1v) is 6.24. The Labute approximate surface area is 101 Å². The minimum absolute atomic E-state index is 0.905. The number of unbranched alkanes of at least 4 members (excludes halogenated alkanes) is 8. The van der Waals surface area contributed by atoms with E-state index in [0.29, 0.717) is 0 Å². The van der Waals surface area contributed by atoms with Crippen LogP contribution in [0, 0.1) is 36.5 Å². The lowest BCUT2D eigenvalue weighted by Gasteiger charge is -1.93. The smallest absolute Gasteiger partial charge is 0.00886 e. The van der Waals surface area contributed by atoms with Gasteiger partial charge in [0.25, 0.3) is 0 Å². The zero-order chi connectivity index (χ0) is 11.9. The molecule has 0 bridgehead atoms. The molecule has 0 spiro atoms. The third-order valence-corrected chi connectivity index (χ3v) is 2.37. The molecule has 0 N–H and O–H groups in total. The van der Waals surface area contributed by atoms with Gasteiger partial charge in [0.2, 0.25) is 0 Å². The predicted molar refractivity (Wildman–Crippen MR) is 71.6 cm³/mol. The Kier molecular flexibility index (Phi) is 12.6. The fraction of sp³-hybridized carbons (Fsp3) is 0.625. The molecule has 0 aliphatic heterocycles. The van der Waals surface area contributed by atoms with Gasteiger partial charge in [-0.3, -0.25) is 0 Å². The highest BCUT2D eigenvalue weighted by Gasteiger charge is 1.86. The van der Waals surface area contributed by atoms with Gasteiger partial charge in [0.15, 0.2) is 0 Å². The van der Waals surface area contributed by atoms with Crippen molar-refractivity contribution in [1.29, 1.82) is 0 Å². The van der Waals surface area contributed by atoms with E-state index < -0.39 is 0 Å². The van der Waals surface area contributed by atoms with Gasteiger partial charge in [-0.2, -0.15) is 0 Å². The van der Waals surface area contributed by atoms with Gasteiger partial charge in [-0.1, -0.05) is 12.8 Å². The van der Waals surface area contributed by atoms with Crippen LogP contribution in [-0.4, -0.2) is 0 Å². The summed E-state index contributed by atoms with van der Waals surface area (Å²) in [5, 5.41) is 0. The molecule has 0 saturated carbocycles. The van der Waals surface area contributed by atoms with E-state index in [4.69, 9.17) is 12.8 Å². The summed E-state index contributed by atoms with van der Waals surface area (Å²) in [4.78, 5) is 0. The van der Waals surface area contributed by atoms with Gasteiger partial charge in [-0.05, 0) is 25.7 Å². The van der Waals surface area contributed by atoms with Crippen LogP contribution in [0.25, 0.3) is 0 Å². The van der Waals surface area contributed by atoms with Crippen molar-refractivity contribution in [3.8, 4) is 36.5 Å². The number of terminal acetylenes is 2. The Morgan fingerprint density at radius 2 is 0.875 bits per heavy atom. The highest BCUT2D eigenvalue weighted by atomic mass is 13.9. The third-order valence-electron chi connectivity index (χ3n) is 2.37. The first-order chi connectivity index (χ1) is 7.91. The Bertz CT molecular complexity index is 246. The van der Waals surface area contributed by atoms with Gasteiger partial charge >= 0.3 is 0 Å². The van der Waals surface area contributed by atoms with E-state index in [0.717, 1.165) is 38.5 Å². The minimum Gasteiger partial charge on any atom is -0.120 e. The molecule has 0 fully saturated rings. The van der Waals surface area contributed by atoms with Gasteiger partial charge in [0.1, 0.15) is 0 Å². The van der Waals surface area contributed by atoms with Crippen LogP contribution in [0.2, 0.25) is 0 Å². The van der Waals surface area contributed by atoms with Crippen molar-refractivity contribution < 1.29 is 0 Å². The summed E-state index contributed by atoms with van der Waals surface area (Å²) in [5.41, 5.74) is 0. The number of rotatable bonds is 8. The molecular weight excluding hydrogens is 192 g/mol. The highest BCUT2D eigenvalue weighted by molar-refractivity contribution is 4.98. The molecule has 0 amide bonds. The van der Waals surface area contributed by atoms with Gasteiger partial charge in [-0.25, -0.2) is 0 Å². The van der Waals surface area contributed by atoms with Crippen LogP contribution in [0.4, 0.5) is 0 Å². The standard InChI is InChI=1S/C16H22/c1-3-5-7-9-11-13-15-16-14-12-10-8-6-4-2/h1-2H,5-14H2. The molecule has 16 heavy (non-hydrogen) atoms. The van der Waals surface area contributed by atoms with Crippen molar-refractivity contribution in [3.05, 3.63) is 0 Å². The molecule has 0 saturated heterocycles. The van der Waals surface area contributed by atoms with Crippen molar-refractivity contribution in [1.82, 2.24) is 0 Å². The SMILES string of the molecule is C#CCCCCCC#CCCCCCC#C. The second kappa shape index (κ2) is 13.7. The molecule has 0 unspecified atom stereocenters. The lowest BCUT2D eigenvalue weighted by Crippen LogP contribution is -1.77. The van der Waals surface area contributed by atoms with E-state index in [2.05, 4.69) is 23.7 Å². The van der Waals surface area contributed by atoms with Crippen LogP contribution in [0.3, 0.4) is 0 Å². The number of hydrogen-bond acceptors (Lipinski definition) is 0. The molecule has 0 aromatic heterocycles. The lowest BCUT2D eigenvalue weighted by atomic mass is 10.1. The van der Waals surface area contributed by atoms with Crippen molar-refractivity contribution in [3.63, 3.8) is 0 Å². The van der Waals surface area contributed by atoms with E-state index in [9.17, 15) is 0 Å². The minimum atomic E-state index is 0.905. The molecule has 0 aromatic carbocycles. The molecule has 0 atom stereocenters. The third kappa shape index (κ3) is 12.7. The average molecular weight is 214 g/mol. The summed E-state index contributed by atoms with van der Waals surface area (Å²) in [7, 11) is 0. The fourth-order valence-corrected chi connectivity index (χ4v) is 1.41. The second-order valence-electron chi connectivity index (χ2n) is 3.88. The summed E-state index contributed by atoms with van der Waals surface area (Å²) in [5.74, 6) is 11.7. The summed E-state index contributed by atoms with van der Waals surface area (Å²) >= 11 is 0. The summed E-state index contributed by atoms with van der Waals surface area (Å²) in [6.07, 6.45) is 21.3. The van der Waals surface area contributed by atoms with Crippen LogP contribution in [0.1, 0.15) is 64.2 Å². The molecule has 0 radical (unpaired) electrons. The molecule has 0 heteroatoms. The largest absolute Gasteiger partial charge is 0.120 e. The van der Waals surface area contributed by atoms with Gasteiger partial charge in [-0.15, -0.1) is 36.5 Å². The molecule has 0 aliphatic rings. The van der Waals surface area contributed by atoms with Crippen LogP contribution < -0.4 is 0 Å². The Hall–Kier alpha value is -1.32. The van der Waals surface area contributed by atoms with Crippen molar-refractivity contribution >= 4 is 0 Å². The van der Waals surface area contributed by atoms with E-state index in [1.807, 2.05) is 0 Å². The van der Waals surface area contributed by atoms with Crippen molar-refractivity contribution in [2.45, 2.75) is 64.2 Å². The Morgan fingerprint density at radius 3 is 1.25 bits per heavy atom. The van der Waals surface area contributed by atoms with Gasteiger partial charge in [0.05, 0.1) is 0 Å². The summed E-state index contributed by atoms with van der Waals surface area (Å²) in [6.45, 7) is 0. The van der Waals surface area contributed by atoms with Crippen LogP contribution in [0.5, 0.6) is 0 Å². The molecule has 0 aromatic rings. The van der Waals surface area contributed by atoms with Crippen LogP contribution in [-0.2, 0) is 0 Å². The first kappa shape index (κ1) is 14.7.